The van der Waals surface area contributed by atoms with Crippen molar-refractivity contribution in [2.24, 2.45) is 0 Å². The summed E-state index contributed by atoms with van der Waals surface area (Å²) in [5, 5.41) is 4.13. The van der Waals surface area contributed by atoms with Gasteiger partial charge in [-0.3, -0.25) is 9.59 Å². The van der Waals surface area contributed by atoms with Crippen molar-refractivity contribution >= 4 is 35.0 Å². The minimum Gasteiger partial charge on any atom is -0.382 e. The van der Waals surface area contributed by atoms with Crippen LogP contribution in [0.2, 0.25) is 10.0 Å². The highest BCUT2D eigenvalue weighted by molar-refractivity contribution is 6.30. The Labute approximate surface area is 188 Å². The van der Waals surface area contributed by atoms with E-state index in [0.717, 1.165) is 17.5 Å². The normalized spacial score (nSPS) is 11.7. The third-order valence-corrected chi connectivity index (χ3v) is 5.17. The monoisotopic (exact) mass is 450 g/mol. The van der Waals surface area contributed by atoms with E-state index in [1.807, 2.05) is 31.2 Å². The molecule has 0 saturated carbocycles. The summed E-state index contributed by atoms with van der Waals surface area (Å²) in [5.74, 6) is -0.325. The highest BCUT2D eigenvalue weighted by Gasteiger charge is 2.26. The van der Waals surface area contributed by atoms with Gasteiger partial charge in [-0.05, 0) is 55.7 Å². The van der Waals surface area contributed by atoms with Crippen LogP contribution in [0.3, 0.4) is 0 Å². The van der Waals surface area contributed by atoms with Crippen molar-refractivity contribution in [1.29, 1.82) is 0 Å². The van der Waals surface area contributed by atoms with Gasteiger partial charge in [-0.1, -0.05) is 47.5 Å². The summed E-state index contributed by atoms with van der Waals surface area (Å²) >= 11 is 11.9. The van der Waals surface area contributed by atoms with Crippen LogP contribution in [0.25, 0.3) is 0 Å². The van der Waals surface area contributed by atoms with Gasteiger partial charge in [0.05, 0.1) is 6.42 Å². The van der Waals surface area contributed by atoms with Gasteiger partial charge in [0.2, 0.25) is 11.8 Å². The lowest BCUT2D eigenvalue weighted by molar-refractivity contribution is -0.140. The summed E-state index contributed by atoms with van der Waals surface area (Å²) in [6, 6.07) is 13.8. The van der Waals surface area contributed by atoms with Crippen LogP contribution in [0.4, 0.5) is 0 Å². The summed E-state index contributed by atoms with van der Waals surface area (Å²) < 4.78 is 5.29. The molecule has 5 nitrogen and oxygen atoms in total. The number of benzene rings is 2. The number of ether oxygens (including phenoxy) is 1. The predicted octanol–water partition coefficient (Wildman–Crippen LogP) is 4.50. The molecule has 2 rings (SSSR count). The molecule has 162 valence electrons. The largest absolute Gasteiger partial charge is 0.382 e. The first-order chi connectivity index (χ1) is 14.4. The van der Waals surface area contributed by atoms with Crippen molar-refractivity contribution < 1.29 is 14.3 Å². The van der Waals surface area contributed by atoms with Crippen LogP contribution < -0.4 is 5.32 Å². The first-order valence-electron chi connectivity index (χ1n) is 10.0. The fourth-order valence-corrected chi connectivity index (χ4v) is 3.18. The zero-order chi connectivity index (χ0) is 21.9. The molecule has 0 spiro atoms. The number of halogens is 2. The van der Waals surface area contributed by atoms with E-state index in [2.05, 4.69) is 5.32 Å². The standard InChI is InChI=1S/C23H28Cl2N2O3/c1-3-30-14-4-13-26-23(29)17(2)27(16-19-7-11-21(25)12-8-19)22(28)15-18-5-9-20(24)10-6-18/h5-12,17H,3-4,13-16H2,1-2H3,(H,26,29)/t17-/m0/s1. The van der Waals surface area contributed by atoms with E-state index in [1.54, 1.807) is 36.1 Å². The molecule has 0 saturated heterocycles. The Kier molecular flexibility index (Phi) is 10.1. The van der Waals surface area contributed by atoms with Crippen LogP contribution >= 0.6 is 23.2 Å². The van der Waals surface area contributed by atoms with Crippen molar-refractivity contribution in [2.45, 2.75) is 39.3 Å². The van der Waals surface area contributed by atoms with E-state index in [9.17, 15) is 9.59 Å². The third-order valence-electron chi connectivity index (χ3n) is 4.67. The number of hydrogen-bond acceptors (Lipinski definition) is 3. The van der Waals surface area contributed by atoms with E-state index in [-0.39, 0.29) is 18.2 Å². The highest BCUT2D eigenvalue weighted by atomic mass is 35.5. The zero-order valence-electron chi connectivity index (χ0n) is 17.4. The van der Waals surface area contributed by atoms with Gasteiger partial charge in [-0.2, -0.15) is 0 Å². The molecular formula is C23H28Cl2N2O3. The van der Waals surface area contributed by atoms with Gasteiger partial charge in [-0.15, -0.1) is 0 Å². The molecule has 1 atom stereocenters. The molecular weight excluding hydrogens is 423 g/mol. The minimum absolute atomic E-state index is 0.135. The van der Waals surface area contributed by atoms with Gasteiger partial charge in [0.15, 0.2) is 0 Å². The predicted molar refractivity (Wildman–Crippen MR) is 121 cm³/mol. The number of amides is 2. The smallest absolute Gasteiger partial charge is 0.242 e. The van der Waals surface area contributed by atoms with E-state index < -0.39 is 6.04 Å². The lowest BCUT2D eigenvalue weighted by atomic mass is 10.1. The molecule has 0 aliphatic rings. The summed E-state index contributed by atoms with van der Waals surface area (Å²) in [6.07, 6.45) is 0.912. The maximum absolute atomic E-state index is 13.1. The lowest BCUT2D eigenvalue weighted by Crippen LogP contribution is -2.48. The average Bonchev–Trinajstić information content (AvgIpc) is 2.74. The van der Waals surface area contributed by atoms with Gasteiger partial charge in [0.25, 0.3) is 0 Å². The molecule has 0 bridgehead atoms. The Balaban J connectivity index is 2.08. The SMILES string of the molecule is CCOCCCNC(=O)[C@H](C)N(Cc1ccc(Cl)cc1)C(=O)Cc1ccc(Cl)cc1. The maximum atomic E-state index is 13.1. The van der Waals surface area contributed by atoms with Crippen molar-refractivity contribution in [2.75, 3.05) is 19.8 Å². The summed E-state index contributed by atoms with van der Waals surface area (Å²) in [6.45, 7) is 5.74. The van der Waals surface area contributed by atoms with Crippen LogP contribution in [0.5, 0.6) is 0 Å². The van der Waals surface area contributed by atoms with E-state index >= 15 is 0 Å². The molecule has 2 aromatic rings. The van der Waals surface area contributed by atoms with Crippen LogP contribution in [-0.4, -0.2) is 42.5 Å². The van der Waals surface area contributed by atoms with Crippen LogP contribution in [-0.2, 0) is 27.3 Å². The second kappa shape index (κ2) is 12.6. The minimum atomic E-state index is -0.618. The molecule has 0 aromatic heterocycles. The number of nitrogens with zero attached hydrogens (tertiary/aromatic N) is 1. The summed E-state index contributed by atoms with van der Waals surface area (Å²) in [4.78, 5) is 27.4. The Bertz CT molecular complexity index is 810. The molecule has 0 aliphatic heterocycles. The van der Waals surface area contributed by atoms with E-state index in [1.165, 1.54) is 0 Å². The molecule has 30 heavy (non-hydrogen) atoms. The van der Waals surface area contributed by atoms with Crippen molar-refractivity contribution in [3.05, 3.63) is 69.7 Å². The fourth-order valence-electron chi connectivity index (χ4n) is 2.93. The second-order valence-corrected chi connectivity index (χ2v) is 7.84. The molecule has 2 aromatic carbocycles. The fraction of sp³-hybridized carbons (Fsp3) is 0.391. The second-order valence-electron chi connectivity index (χ2n) is 6.97. The topological polar surface area (TPSA) is 58.6 Å². The summed E-state index contributed by atoms with van der Waals surface area (Å²) in [7, 11) is 0. The number of nitrogens with one attached hydrogen (secondary N) is 1. The Morgan fingerprint density at radius 3 is 2.13 bits per heavy atom. The first kappa shape index (κ1) is 24.2. The number of carbonyl (C=O) groups excluding carboxylic acids is 2. The van der Waals surface area contributed by atoms with Gasteiger partial charge < -0.3 is 15.0 Å². The van der Waals surface area contributed by atoms with E-state index in [4.69, 9.17) is 27.9 Å². The first-order valence-corrected chi connectivity index (χ1v) is 10.8. The molecule has 0 fully saturated rings. The Hall–Kier alpha value is -2.08. The van der Waals surface area contributed by atoms with Crippen LogP contribution in [0, 0.1) is 0 Å². The third kappa shape index (κ3) is 7.98. The van der Waals surface area contributed by atoms with Gasteiger partial charge in [0.1, 0.15) is 6.04 Å². The van der Waals surface area contributed by atoms with Crippen LogP contribution in [0.15, 0.2) is 48.5 Å². The Morgan fingerprint density at radius 2 is 1.57 bits per heavy atom. The molecule has 0 radical (unpaired) electrons. The van der Waals surface area contributed by atoms with Gasteiger partial charge in [-0.25, -0.2) is 0 Å². The number of hydrogen-bond donors (Lipinski definition) is 1. The molecule has 0 heterocycles. The zero-order valence-corrected chi connectivity index (χ0v) is 18.9. The molecule has 1 N–H and O–H groups in total. The lowest BCUT2D eigenvalue weighted by Gasteiger charge is -2.29. The molecule has 0 aliphatic carbocycles. The van der Waals surface area contributed by atoms with Crippen molar-refractivity contribution in [3.63, 3.8) is 0 Å². The molecule has 7 heteroatoms. The summed E-state index contributed by atoms with van der Waals surface area (Å²) in [5.41, 5.74) is 1.75. The molecule has 2 amide bonds. The van der Waals surface area contributed by atoms with Crippen molar-refractivity contribution in [3.8, 4) is 0 Å². The quantitative estimate of drug-likeness (QED) is 0.512. The van der Waals surface area contributed by atoms with Crippen LogP contribution in [0.1, 0.15) is 31.4 Å². The van der Waals surface area contributed by atoms with E-state index in [0.29, 0.717) is 36.3 Å². The number of carbonyl (C=O) groups is 2. The van der Waals surface area contributed by atoms with Gasteiger partial charge >= 0.3 is 0 Å². The average molecular weight is 451 g/mol. The Morgan fingerprint density at radius 1 is 1.00 bits per heavy atom. The van der Waals surface area contributed by atoms with Gasteiger partial charge in [0, 0.05) is 36.3 Å². The van der Waals surface area contributed by atoms with Crippen molar-refractivity contribution in [1.82, 2.24) is 10.2 Å². The maximum Gasteiger partial charge on any atom is 0.242 e. The number of rotatable bonds is 11. The molecule has 0 unspecified atom stereocenters. The highest BCUT2D eigenvalue weighted by Crippen LogP contribution is 2.16.